The van der Waals surface area contributed by atoms with Gasteiger partial charge >= 0.3 is 17.7 Å². The Bertz CT molecular complexity index is 2720. The molecule has 3 heterocycles. The van der Waals surface area contributed by atoms with Crippen LogP contribution in [0.25, 0.3) is 0 Å². The lowest BCUT2D eigenvalue weighted by atomic mass is 9.89. The first-order valence-electron chi connectivity index (χ1n) is 28.2. The van der Waals surface area contributed by atoms with Crippen molar-refractivity contribution >= 4 is 41.4 Å². The highest BCUT2D eigenvalue weighted by Gasteiger charge is 2.49. The molecule has 0 radical (unpaired) electrons. The Morgan fingerprint density at radius 2 is 1.55 bits per heavy atom. The van der Waals surface area contributed by atoms with E-state index in [1.807, 2.05) is 19.9 Å². The number of aryl methyl sites for hydroxylation is 1. The highest BCUT2D eigenvalue weighted by atomic mass is 16.7. The van der Waals surface area contributed by atoms with E-state index in [1.165, 1.54) is 43.1 Å². The highest BCUT2D eigenvalue weighted by Crippen LogP contribution is 2.36. The number of aliphatic carboxylic acids is 1. The van der Waals surface area contributed by atoms with Crippen molar-refractivity contribution in [3.63, 3.8) is 0 Å². The molecule has 2 aromatic carbocycles. The molecule has 2 aliphatic heterocycles. The van der Waals surface area contributed by atoms with Gasteiger partial charge in [0.1, 0.15) is 36.5 Å². The number of carbonyl (C=O) groups is 6. The van der Waals surface area contributed by atoms with Crippen molar-refractivity contribution < 1.29 is 82.9 Å². The van der Waals surface area contributed by atoms with E-state index in [4.69, 9.17) is 23.7 Å². The molecule has 0 saturated carbocycles. The van der Waals surface area contributed by atoms with Gasteiger partial charge in [-0.05, 0) is 54.7 Å². The molecule has 0 bridgehead atoms. The fourth-order valence-electron chi connectivity index (χ4n) is 11.1. The third-order valence-corrected chi connectivity index (χ3v) is 16.0. The SMILES string of the molecule is CCC(C)C(C(CC(=O)N1CCCC1C(OC)C(C)C(=O)NC(C)C(O)c1ccccc1)OC)N(C)C(=O)C(NC(=O)C(C(C)C)N(C)C(=O)OC(Cc1cn(C)nn1)c1ccc(OC2OC(C(=O)O)C(O)C(O)C2O)c([N+](=O)[O-])c1)C(C)C. The third kappa shape index (κ3) is 16.3. The third-order valence-electron chi connectivity index (χ3n) is 16.0. The summed E-state index contributed by atoms with van der Waals surface area (Å²) < 4.78 is 30.1. The molecule has 2 saturated heterocycles. The van der Waals surface area contributed by atoms with Gasteiger partial charge in [0, 0.05) is 60.6 Å². The molecule has 16 unspecified atom stereocenters. The van der Waals surface area contributed by atoms with Crippen LogP contribution in [0.3, 0.4) is 0 Å². The number of benzene rings is 2. The lowest BCUT2D eigenvalue weighted by molar-refractivity contribution is -0.387. The first kappa shape index (κ1) is 67.9. The van der Waals surface area contributed by atoms with Crippen LogP contribution >= 0.6 is 0 Å². The number of hydrogen-bond acceptors (Lipinski definition) is 19. The molecule has 0 aliphatic carbocycles. The number of aromatic nitrogens is 3. The zero-order valence-electron chi connectivity index (χ0n) is 50.0. The summed E-state index contributed by atoms with van der Waals surface area (Å²) in [6.45, 7) is 14.6. The van der Waals surface area contributed by atoms with Crippen LogP contribution in [0.5, 0.6) is 5.75 Å². The standard InChI is InChI=1S/C57H85N9O18/c1-14-31(6)45(41(80-12)27-42(67)65-24-18-21-37(65)50(81-13)32(7)52(72)58-33(8)46(68)34-19-16-15-17-20-34)63(10)54(74)43(29(2)3)59-53(73)44(30(4)5)64(11)57(77)83-40(26-36-28-62(9)61-60-36)35-22-23-39(38(25-35)66(78)79)82-56-49(71)47(69)48(70)51(84-56)55(75)76/h15-17,19-20,22-23,25,28-33,37,40-41,43-51,56,68-71H,14,18,21,24,26-27H2,1-13H3,(H,58,72)(H,59,73)(H,75,76). The van der Waals surface area contributed by atoms with Crippen molar-refractivity contribution in [2.75, 3.05) is 34.9 Å². The minimum atomic E-state index is -2.06. The van der Waals surface area contributed by atoms with E-state index in [9.17, 15) is 64.4 Å². The summed E-state index contributed by atoms with van der Waals surface area (Å²) in [5.41, 5.74) is 0.216. The fraction of sp³-hybridized carbons (Fsp3) is 0.649. The fourth-order valence-corrected chi connectivity index (χ4v) is 11.1. The van der Waals surface area contributed by atoms with Gasteiger partial charge in [-0.15, -0.1) is 5.10 Å². The molecule has 84 heavy (non-hydrogen) atoms. The van der Waals surface area contributed by atoms with E-state index < -0.39 is 143 Å². The Hall–Kier alpha value is -6.88. The molecule has 2 aliphatic rings. The van der Waals surface area contributed by atoms with E-state index in [1.54, 1.807) is 84.8 Å². The molecule has 2 fully saturated rings. The Kier molecular flexibility index (Phi) is 24.5. The second kappa shape index (κ2) is 30.3. The van der Waals surface area contributed by atoms with Crippen LogP contribution in [0.15, 0.2) is 54.7 Å². The number of aliphatic hydroxyl groups is 4. The number of nitrogens with zero attached hydrogens (tertiary/aromatic N) is 7. The quantitative estimate of drug-likeness (QED) is 0.0406. The number of amides is 5. The summed E-state index contributed by atoms with van der Waals surface area (Å²) in [4.78, 5) is 99.6. The van der Waals surface area contributed by atoms with Crippen LogP contribution in [0, 0.1) is 33.8 Å². The number of methoxy groups -OCH3 is 2. The molecule has 16 atom stereocenters. The van der Waals surface area contributed by atoms with Gasteiger partial charge in [0.25, 0.3) is 0 Å². The maximum absolute atomic E-state index is 14.9. The molecule has 1 aromatic heterocycles. The molecular weight excluding hydrogens is 1100 g/mol. The number of hydrogen-bond donors (Lipinski definition) is 7. The Morgan fingerprint density at radius 1 is 0.881 bits per heavy atom. The van der Waals surface area contributed by atoms with E-state index in [-0.39, 0.29) is 36.1 Å². The zero-order valence-corrected chi connectivity index (χ0v) is 50.0. The summed E-state index contributed by atoms with van der Waals surface area (Å²) in [6, 6.07) is 8.18. The number of nitro benzene ring substituents is 1. The first-order valence-corrected chi connectivity index (χ1v) is 28.2. The van der Waals surface area contributed by atoms with Gasteiger partial charge in [-0.3, -0.25) is 38.9 Å². The normalized spacial score (nSPS) is 22.5. The van der Waals surface area contributed by atoms with Gasteiger partial charge in [0.2, 0.25) is 29.9 Å². The maximum atomic E-state index is 14.9. The highest BCUT2D eigenvalue weighted by molar-refractivity contribution is 5.92. The van der Waals surface area contributed by atoms with E-state index in [0.29, 0.717) is 37.1 Å². The lowest BCUT2D eigenvalue weighted by Crippen LogP contribution is -2.61. The number of aliphatic hydroxyl groups excluding tert-OH is 4. The van der Waals surface area contributed by atoms with Crippen molar-refractivity contribution in [3.05, 3.63) is 81.7 Å². The summed E-state index contributed by atoms with van der Waals surface area (Å²) in [5.74, 6) is -6.09. The largest absolute Gasteiger partial charge is 0.479 e. The van der Waals surface area contributed by atoms with Crippen LogP contribution in [-0.2, 0) is 56.4 Å². The maximum Gasteiger partial charge on any atom is 0.410 e. The summed E-state index contributed by atoms with van der Waals surface area (Å²) in [6.07, 6.45) is -12.1. The molecule has 3 aromatic rings. The zero-order chi connectivity index (χ0) is 62.6. The molecule has 466 valence electrons. The number of nitro groups is 1. The van der Waals surface area contributed by atoms with Gasteiger partial charge in [-0.2, -0.15) is 0 Å². The molecule has 27 nitrogen and oxygen atoms in total. The summed E-state index contributed by atoms with van der Waals surface area (Å²) in [5, 5.41) is 77.8. The number of carboxylic acid groups (broad SMARTS) is 1. The predicted octanol–water partition coefficient (Wildman–Crippen LogP) is 2.67. The average Bonchev–Trinajstić information content (AvgIpc) is 3.21. The van der Waals surface area contributed by atoms with Crippen LogP contribution in [0.1, 0.15) is 110 Å². The van der Waals surface area contributed by atoms with Gasteiger partial charge < -0.3 is 69.7 Å². The molecule has 5 rings (SSSR count). The second-order valence-electron chi connectivity index (χ2n) is 22.6. The number of nitrogens with one attached hydrogen (secondary N) is 2. The lowest BCUT2D eigenvalue weighted by Gasteiger charge is -2.41. The number of carboxylic acids is 1. The second-order valence-corrected chi connectivity index (χ2v) is 22.6. The average molecular weight is 1180 g/mol. The summed E-state index contributed by atoms with van der Waals surface area (Å²) in [7, 11) is 7.47. The smallest absolute Gasteiger partial charge is 0.410 e. The number of likely N-dealkylation sites (N-methyl/N-ethyl adjacent to an activating group) is 2. The molecule has 27 heteroatoms. The van der Waals surface area contributed by atoms with E-state index >= 15 is 0 Å². The predicted molar refractivity (Wildman–Crippen MR) is 300 cm³/mol. The van der Waals surface area contributed by atoms with Crippen molar-refractivity contribution in [3.8, 4) is 5.75 Å². The van der Waals surface area contributed by atoms with Crippen LogP contribution < -0.4 is 15.4 Å². The number of ether oxygens (including phenoxy) is 5. The van der Waals surface area contributed by atoms with Gasteiger partial charge in [0.05, 0.1) is 59.4 Å². The van der Waals surface area contributed by atoms with Crippen molar-refractivity contribution in [2.24, 2.45) is 30.7 Å². The Labute approximate surface area is 489 Å². The van der Waals surface area contributed by atoms with Gasteiger partial charge in [-0.1, -0.05) is 96.5 Å². The minimum absolute atomic E-state index is 0.0251. The number of rotatable bonds is 28. The minimum Gasteiger partial charge on any atom is -0.479 e. The molecular formula is C57H85N9O18. The van der Waals surface area contributed by atoms with Crippen molar-refractivity contribution in [1.82, 2.24) is 40.3 Å². The Balaban J connectivity index is 1.33. The molecule has 7 N–H and O–H groups in total. The molecule has 5 amide bonds. The molecule has 0 spiro atoms. The van der Waals surface area contributed by atoms with Crippen LogP contribution in [-0.4, -0.2) is 204 Å². The topological polar surface area (TPSA) is 357 Å². The summed E-state index contributed by atoms with van der Waals surface area (Å²) >= 11 is 0. The first-order chi connectivity index (χ1) is 39.6. The number of carbonyl (C=O) groups excluding carboxylic acids is 5. The van der Waals surface area contributed by atoms with Gasteiger partial charge in [-0.25, -0.2) is 9.59 Å². The van der Waals surface area contributed by atoms with E-state index in [0.717, 1.165) is 17.0 Å². The van der Waals surface area contributed by atoms with Crippen LogP contribution in [0.4, 0.5) is 10.5 Å². The Morgan fingerprint density at radius 3 is 2.11 bits per heavy atom. The van der Waals surface area contributed by atoms with Crippen molar-refractivity contribution in [1.29, 1.82) is 0 Å². The van der Waals surface area contributed by atoms with Crippen molar-refractivity contribution in [2.45, 2.75) is 173 Å². The van der Waals surface area contributed by atoms with Crippen LogP contribution in [0.2, 0.25) is 0 Å². The van der Waals surface area contributed by atoms with E-state index in [2.05, 4.69) is 20.9 Å². The van der Waals surface area contributed by atoms with Gasteiger partial charge in [0.15, 0.2) is 11.9 Å². The monoisotopic (exact) mass is 1180 g/mol. The number of likely N-dealkylation sites (tertiary alicyclic amines) is 1.